The van der Waals surface area contributed by atoms with E-state index >= 15 is 0 Å². The van der Waals surface area contributed by atoms with Gasteiger partial charge in [-0.15, -0.1) is 5.10 Å². The molecule has 0 unspecified atom stereocenters. The second kappa shape index (κ2) is 6.70. The first-order valence-electron chi connectivity index (χ1n) is 9.53. The number of carbonyl (C=O) groups excluding carboxylic acids is 2. The molecule has 1 atom stereocenters. The molecule has 2 aromatic carbocycles. The lowest BCUT2D eigenvalue weighted by atomic mass is 10.0. The molecular weight excluding hydrogens is 366 g/mol. The number of aryl methyl sites for hydroxylation is 1. The molecule has 5 rings (SSSR count). The fourth-order valence-electron chi connectivity index (χ4n) is 3.67. The highest BCUT2D eigenvalue weighted by atomic mass is 16.2. The smallest absolute Gasteiger partial charge is 0.260 e. The van der Waals surface area contributed by atoms with Gasteiger partial charge in [0, 0.05) is 18.5 Å². The third-order valence-corrected chi connectivity index (χ3v) is 5.21. The number of imide groups is 1. The van der Waals surface area contributed by atoms with Crippen LogP contribution < -0.4 is 10.2 Å². The van der Waals surface area contributed by atoms with E-state index in [-0.39, 0.29) is 36.6 Å². The van der Waals surface area contributed by atoms with Gasteiger partial charge in [0.2, 0.25) is 17.8 Å². The molecule has 1 N–H and O–H groups in total. The van der Waals surface area contributed by atoms with Crippen LogP contribution in [0, 0.1) is 6.92 Å². The first-order chi connectivity index (χ1) is 14.1. The van der Waals surface area contributed by atoms with E-state index in [1.165, 1.54) is 5.56 Å². The van der Waals surface area contributed by atoms with Crippen molar-refractivity contribution in [3.63, 3.8) is 0 Å². The Morgan fingerprint density at radius 3 is 2.34 bits per heavy atom. The fourth-order valence-corrected chi connectivity index (χ4v) is 3.67. The summed E-state index contributed by atoms with van der Waals surface area (Å²) in [4.78, 5) is 29.9. The van der Waals surface area contributed by atoms with Crippen LogP contribution in [-0.4, -0.2) is 26.6 Å². The average molecular weight is 385 g/mol. The second-order valence-corrected chi connectivity index (χ2v) is 7.23. The summed E-state index contributed by atoms with van der Waals surface area (Å²) >= 11 is 0. The molecule has 1 fully saturated rings. The Balaban J connectivity index is 1.61. The van der Waals surface area contributed by atoms with E-state index in [2.05, 4.69) is 45.7 Å². The molecule has 29 heavy (non-hydrogen) atoms. The second-order valence-electron chi connectivity index (χ2n) is 7.23. The predicted octanol–water partition coefficient (Wildman–Crippen LogP) is 3.30. The van der Waals surface area contributed by atoms with Crippen LogP contribution >= 0.6 is 0 Å². The molecule has 7 heteroatoms. The molecule has 1 aromatic heterocycles. The third kappa shape index (κ3) is 3.00. The number of rotatable bonds is 3. The van der Waals surface area contributed by atoms with E-state index in [1.54, 1.807) is 4.68 Å². The minimum Gasteiger partial charge on any atom is -0.324 e. The summed E-state index contributed by atoms with van der Waals surface area (Å²) in [5.74, 6) is 0.0979. The molecule has 2 amide bonds. The average Bonchev–Trinajstić information content (AvgIpc) is 3.30. The van der Waals surface area contributed by atoms with Crippen LogP contribution in [0.25, 0.3) is 5.70 Å². The summed E-state index contributed by atoms with van der Waals surface area (Å²) in [5, 5.41) is 7.82. The largest absolute Gasteiger partial charge is 0.324 e. The molecule has 0 bridgehead atoms. The molecule has 0 aliphatic carbocycles. The predicted molar refractivity (Wildman–Crippen MR) is 109 cm³/mol. The number of nitrogens with zero attached hydrogens (tertiary/aromatic N) is 4. The van der Waals surface area contributed by atoms with E-state index in [4.69, 9.17) is 0 Å². The monoisotopic (exact) mass is 385 g/mol. The molecular formula is C22H19N5O2. The van der Waals surface area contributed by atoms with Crippen LogP contribution in [0.15, 0.2) is 60.7 Å². The topological polar surface area (TPSA) is 80.1 Å². The van der Waals surface area contributed by atoms with E-state index in [0.717, 1.165) is 21.7 Å². The van der Waals surface area contributed by atoms with Crippen molar-refractivity contribution in [3.8, 4) is 0 Å². The van der Waals surface area contributed by atoms with Crippen molar-refractivity contribution in [3.05, 3.63) is 77.4 Å². The van der Waals surface area contributed by atoms with Gasteiger partial charge in [-0.05, 0) is 24.1 Å². The quantitative estimate of drug-likeness (QED) is 0.700. The number of benzene rings is 2. The normalized spacial score (nSPS) is 18.4. The number of nitrogens with one attached hydrogen (secondary N) is 1. The maximum absolute atomic E-state index is 12.1. The highest BCUT2D eigenvalue weighted by molar-refractivity contribution is 6.18. The van der Waals surface area contributed by atoms with Crippen molar-refractivity contribution >= 4 is 29.4 Å². The molecule has 2 aliphatic rings. The van der Waals surface area contributed by atoms with Crippen molar-refractivity contribution in [2.75, 3.05) is 10.2 Å². The molecule has 2 aliphatic heterocycles. The summed E-state index contributed by atoms with van der Waals surface area (Å²) in [5.41, 5.74) is 4.15. The van der Waals surface area contributed by atoms with Crippen LogP contribution in [0.3, 0.4) is 0 Å². The number of allylic oxidation sites excluding steroid dienone is 1. The Morgan fingerprint density at radius 2 is 1.66 bits per heavy atom. The van der Waals surface area contributed by atoms with Gasteiger partial charge in [0.05, 0.1) is 0 Å². The highest BCUT2D eigenvalue weighted by Crippen LogP contribution is 2.34. The number of fused-ring (bicyclic) bond motifs is 1. The van der Waals surface area contributed by atoms with Gasteiger partial charge in [-0.25, -0.2) is 9.58 Å². The van der Waals surface area contributed by atoms with E-state index in [1.807, 2.05) is 37.3 Å². The Kier molecular flexibility index (Phi) is 4.01. The Hall–Kier alpha value is -3.74. The van der Waals surface area contributed by atoms with Gasteiger partial charge in [0.1, 0.15) is 6.04 Å². The standard InChI is InChI=1S/C22H19N5O2/c1-14-7-9-15(10-8-14)17-13-18(16-5-3-2-4-6-16)27-21(23-17)24-22(25-27)26-19(28)11-12-20(26)29/h2-10,13,18H,11-12H2,1H3,(H,23,24,25)/t18-/m0/s1. The van der Waals surface area contributed by atoms with Crippen LogP contribution in [-0.2, 0) is 9.59 Å². The number of hydrogen-bond donors (Lipinski definition) is 1. The summed E-state index contributed by atoms with van der Waals surface area (Å²) in [6.07, 6.45) is 2.48. The van der Waals surface area contributed by atoms with Crippen molar-refractivity contribution in [1.82, 2.24) is 14.8 Å². The molecule has 3 aromatic rings. The zero-order valence-electron chi connectivity index (χ0n) is 15.9. The van der Waals surface area contributed by atoms with Gasteiger partial charge in [-0.3, -0.25) is 9.59 Å². The summed E-state index contributed by atoms with van der Waals surface area (Å²) in [6.45, 7) is 2.05. The number of amides is 2. The van der Waals surface area contributed by atoms with Crippen molar-refractivity contribution in [2.24, 2.45) is 0 Å². The minimum absolute atomic E-state index is 0.125. The summed E-state index contributed by atoms with van der Waals surface area (Å²) in [7, 11) is 0. The van der Waals surface area contributed by atoms with E-state index in [9.17, 15) is 9.59 Å². The Labute approximate surface area is 167 Å². The number of anilines is 2. The number of carbonyl (C=O) groups is 2. The zero-order chi connectivity index (χ0) is 20.0. The van der Waals surface area contributed by atoms with Gasteiger partial charge >= 0.3 is 0 Å². The molecule has 7 nitrogen and oxygen atoms in total. The highest BCUT2D eigenvalue weighted by Gasteiger charge is 2.35. The maximum Gasteiger partial charge on any atom is 0.260 e. The van der Waals surface area contributed by atoms with E-state index in [0.29, 0.717) is 5.95 Å². The fraction of sp³-hybridized carbons (Fsp3) is 0.182. The molecule has 3 heterocycles. The Morgan fingerprint density at radius 1 is 0.966 bits per heavy atom. The first kappa shape index (κ1) is 17.4. The van der Waals surface area contributed by atoms with Gasteiger partial charge in [0.15, 0.2) is 0 Å². The van der Waals surface area contributed by atoms with E-state index < -0.39 is 0 Å². The minimum atomic E-state index is -0.263. The molecule has 0 radical (unpaired) electrons. The summed E-state index contributed by atoms with van der Waals surface area (Å²) < 4.78 is 1.72. The molecule has 144 valence electrons. The zero-order valence-corrected chi connectivity index (χ0v) is 15.9. The Bertz CT molecular complexity index is 1120. The van der Waals surface area contributed by atoms with Gasteiger partial charge in [0.25, 0.3) is 5.95 Å². The lowest BCUT2D eigenvalue weighted by molar-refractivity contribution is -0.121. The summed E-state index contributed by atoms with van der Waals surface area (Å²) in [6, 6.07) is 18.0. The maximum atomic E-state index is 12.1. The first-order valence-corrected chi connectivity index (χ1v) is 9.53. The van der Waals surface area contributed by atoms with Crippen molar-refractivity contribution in [1.29, 1.82) is 0 Å². The van der Waals surface area contributed by atoms with Crippen LogP contribution in [0.1, 0.15) is 35.6 Å². The SMILES string of the molecule is Cc1ccc(C2=C[C@@H](c3ccccc3)n3nc(N4C(=O)CCC4=O)nc3N2)cc1. The lowest BCUT2D eigenvalue weighted by Crippen LogP contribution is -2.29. The molecule has 0 saturated carbocycles. The van der Waals surface area contributed by atoms with Gasteiger partial charge < -0.3 is 5.32 Å². The molecule has 1 saturated heterocycles. The third-order valence-electron chi connectivity index (χ3n) is 5.21. The van der Waals surface area contributed by atoms with Crippen LogP contribution in [0.2, 0.25) is 0 Å². The number of hydrogen-bond acceptors (Lipinski definition) is 5. The van der Waals surface area contributed by atoms with Crippen molar-refractivity contribution in [2.45, 2.75) is 25.8 Å². The number of aromatic nitrogens is 3. The lowest BCUT2D eigenvalue weighted by Gasteiger charge is -2.24. The van der Waals surface area contributed by atoms with Crippen LogP contribution in [0.5, 0.6) is 0 Å². The molecule has 0 spiro atoms. The van der Waals surface area contributed by atoms with Crippen LogP contribution in [0.4, 0.5) is 11.9 Å². The van der Waals surface area contributed by atoms with Crippen molar-refractivity contribution < 1.29 is 9.59 Å². The van der Waals surface area contributed by atoms with Gasteiger partial charge in [-0.2, -0.15) is 4.98 Å². The van der Waals surface area contributed by atoms with Gasteiger partial charge in [-0.1, -0.05) is 60.2 Å².